The van der Waals surface area contributed by atoms with Gasteiger partial charge in [-0.15, -0.1) is 0 Å². The summed E-state index contributed by atoms with van der Waals surface area (Å²) in [6.07, 6.45) is 1.80. The van der Waals surface area contributed by atoms with E-state index in [0.717, 1.165) is 16.7 Å². The number of rotatable bonds is 3. The van der Waals surface area contributed by atoms with Crippen LogP contribution >= 0.6 is 0 Å². The van der Waals surface area contributed by atoms with Crippen molar-refractivity contribution in [1.29, 1.82) is 0 Å². The van der Waals surface area contributed by atoms with E-state index in [4.69, 9.17) is 0 Å². The smallest absolute Gasteiger partial charge is 0.0890 e. The summed E-state index contributed by atoms with van der Waals surface area (Å²) in [5.41, 5.74) is 5.98. The van der Waals surface area contributed by atoms with Gasteiger partial charge in [-0.3, -0.25) is 9.99 Å². The molecule has 2 rings (SSSR count). The molecular formula is C11H14N4. The van der Waals surface area contributed by atoms with Gasteiger partial charge >= 0.3 is 0 Å². The van der Waals surface area contributed by atoms with Crippen LogP contribution < -0.4 is 5.43 Å². The van der Waals surface area contributed by atoms with Crippen LogP contribution in [0.3, 0.4) is 0 Å². The van der Waals surface area contributed by atoms with Gasteiger partial charge in [0, 0.05) is 14.1 Å². The second-order valence-electron chi connectivity index (χ2n) is 3.58. The fraction of sp³-hybridized carbons (Fsp3) is 0.273. The fourth-order valence-corrected chi connectivity index (χ4v) is 1.32. The number of hydrazine groups is 1. The van der Waals surface area contributed by atoms with Crippen molar-refractivity contribution in [3.63, 3.8) is 0 Å². The molecule has 4 heteroatoms. The first-order chi connectivity index (χ1) is 7.25. The number of hydrogen-bond donors (Lipinski definition) is 1. The highest BCUT2D eigenvalue weighted by atomic mass is 15.5. The third-order valence-corrected chi connectivity index (χ3v) is 2.07. The van der Waals surface area contributed by atoms with Crippen molar-refractivity contribution in [2.75, 3.05) is 14.1 Å². The highest BCUT2D eigenvalue weighted by molar-refractivity contribution is 5.73. The molecule has 0 bridgehead atoms. The summed E-state index contributed by atoms with van der Waals surface area (Å²) in [5, 5.41) is 1.90. The average Bonchev–Trinajstić information content (AvgIpc) is 2.26. The summed E-state index contributed by atoms with van der Waals surface area (Å²) < 4.78 is 0. The summed E-state index contributed by atoms with van der Waals surface area (Å²) in [6, 6.07) is 7.88. The van der Waals surface area contributed by atoms with E-state index in [1.807, 2.05) is 43.4 Å². The lowest BCUT2D eigenvalue weighted by atomic mass is 10.3. The maximum Gasteiger partial charge on any atom is 0.0890 e. The van der Waals surface area contributed by atoms with Crippen molar-refractivity contribution < 1.29 is 0 Å². The molecule has 0 amide bonds. The van der Waals surface area contributed by atoms with Crippen LogP contribution in [0.1, 0.15) is 5.69 Å². The lowest BCUT2D eigenvalue weighted by Crippen LogP contribution is -2.30. The lowest BCUT2D eigenvalue weighted by molar-refractivity contribution is 0.284. The molecule has 0 unspecified atom stereocenters. The van der Waals surface area contributed by atoms with Gasteiger partial charge in [-0.25, -0.2) is 10.4 Å². The molecule has 0 aliphatic carbocycles. The summed E-state index contributed by atoms with van der Waals surface area (Å²) in [4.78, 5) is 8.83. The first-order valence-corrected chi connectivity index (χ1v) is 4.87. The first-order valence-electron chi connectivity index (χ1n) is 4.87. The second-order valence-corrected chi connectivity index (χ2v) is 3.58. The molecular weight excluding hydrogens is 188 g/mol. The van der Waals surface area contributed by atoms with Crippen molar-refractivity contribution >= 4 is 11.0 Å². The Balaban J connectivity index is 2.23. The summed E-state index contributed by atoms with van der Waals surface area (Å²) in [6.45, 7) is 0.699. The number of benzene rings is 1. The number of para-hydroxylation sites is 2. The molecule has 78 valence electrons. The zero-order valence-electron chi connectivity index (χ0n) is 8.94. The fourth-order valence-electron chi connectivity index (χ4n) is 1.32. The van der Waals surface area contributed by atoms with Gasteiger partial charge in [-0.1, -0.05) is 12.1 Å². The zero-order valence-corrected chi connectivity index (χ0v) is 8.94. The van der Waals surface area contributed by atoms with E-state index in [9.17, 15) is 0 Å². The summed E-state index contributed by atoms with van der Waals surface area (Å²) >= 11 is 0. The molecule has 1 aromatic carbocycles. The number of fused-ring (bicyclic) bond motifs is 1. The molecule has 1 heterocycles. The molecule has 0 saturated heterocycles. The third kappa shape index (κ3) is 2.49. The maximum atomic E-state index is 4.50. The van der Waals surface area contributed by atoms with Crippen LogP contribution in [0.2, 0.25) is 0 Å². The van der Waals surface area contributed by atoms with Crippen molar-refractivity contribution in [1.82, 2.24) is 20.4 Å². The van der Waals surface area contributed by atoms with Gasteiger partial charge in [-0.05, 0) is 12.1 Å². The van der Waals surface area contributed by atoms with Crippen molar-refractivity contribution in [2.45, 2.75) is 6.54 Å². The van der Waals surface area contributed by atoms with E-state index in [1.54, 1.807) is 6.20 Å². The minimum atomic E-state index is 0.699. The molecule has 1 N–H and O–H groups in total. The van der Waals surface area contributed by atoms with E-state index in [2.05, 4.69) is 15.4 Å². The van der Waals surface area contributed by atoms with Crippen molar-refractivity contribution in [2.24, 2.45) is 0 Å². The molecule has 1 aromatic heterocycles. The zero-order chi connectivity index (χ0) is 10.7. The molecule has 0 aliphatic rings. The van der Waals surface area contributed by atoms with Gasteiger partial charge in [0.25, 0.3) is 0 Å². The van der Waals surface area contributed by atoms with Crippen LogP contribution in [0.25, 0.3) is 11.0 Å². The molecule has 0 atom stereocenters. The number of nitrogens with one attached hydrogen (secondary N) is 1. The van der Waals surface area contributed by atoms with Gasteiger partial charge in [-0.2, -0.15) is 0 Å². The van der Waals surface area contributed by atoms with E-state index < -0.39 is 0 Å². The topological polar surface area (TPSA) is 41.0 Å². The lowest BCUT2D eigenvalue weighted by Gasteiger charge is -2.11. The highest BCUT2D eigenvalue weighted by Crippen LogP contribution is 2.07. The van der Waals surface area contributed by atoms with E-state index in [1.165, 1.54) is 0 Å². The molecule has 2 aromatic rings. The summed E-state index contributed by atoms with van der Waals surface area (Å²) in [7, 11) is 3.91. The van der Waals surface area contributed by atoms with Gasteiger partial charge in [0.15, 0.2) is 0 Å². The number of nitrogens with zero attached hydrogens (tertiary/aromatic N) is 3. The maximum absolute atomic E-state index is 4.50. The van der Waals surface area contributed by atoms with Crippen LogP contribution in [-0.2, 0) is 6.54 Å². The van der Waals surface area contributed by atoms with Crippen molar-refractivity contribution in [3.8, 4) is 0 Å². The Kier molecular flexibility index (Phi) is 2.89. The Morgan fingerprint density at radius 3 is 2.67 bits per heavy atom. The van der Waals surface area contributed by atoms with Crippen LogP contribution in [-0.4, -0.2) is 29.1 Å². The molecule has 15 heavy (non-hydrogen) atoms. The van der Waals surface area contributed by atoms with Crippen LogP contribution in [0.5, 0.6) is 0 Å². The largest absolute Gasteiger partial charge is 0.253 e. The molecule has 0 saturated carbocycles. The molecule has 0 aliphatic heterocycles. The molecule has 0 fully saturated rings. The van der Waals surface area contributed by atoms with E-state index in [-0.39, 0.29) is 0 Å². The highest BCUT2D eigenvalue weighted by Gasteiger charge is 1.98. The summed E-state index contributed by atoms with van der Waals surface area (Å²) in [5.74, 6) is 0. The monoisotopic (exact) mass is 202 g/mol. The van der Waals surface area contributed by atoms with Gasteiger partial charge < -0.3 is 0 Å². The Morgan fingerprint density at radius 2 is 1.93 bits per heavy atom. The molecule has 0 radical (unpaired) electrons. The predicted octanol–water partition coefficient (Wildman–Crippen LogP) is 1.20. The second kappa shape index (κ2) is 4.33. The Bertz CT molecular complexity index is 453. The van der Waals surface area contributed by atoms with Gasteiger partial charge in [0.05, 0.1) is 29.5 Å². The number of hydrogen-bond acceptors (Lipinski definition) is 4. The first kappa shape index (κ1) is 10.0. The number of aromatic nitrogens is 2. The molecule has 0 spiro atoms. The predicted molar refractivity (Wildman–Crippen MR) is 60.1 cm³/mol. The van der Waals surface area contributed by atoms with Crippen LogP contribution in [0, 0.1) is 0 Å². The van der Waals surface area contributed by atoms with Gasteiger partial charge in [0.1, 0.15) is 0 Å². The molecule has 4 nitrogen and oxygen atoms in total. The SMILES string of the molecule is CN(C)NCc1cnc2ccccc2n1. The quantitative estimate of drug-likeness (QED) is 0.759. The van der Waals surface area contributed by atoms with Crippen molar-refractivity contribution in [3.05, 3.63) is 36.2 Å². The van der Waals surface area contributed by atoms with E-state index >= 15 is 0 Å². The normalized spacial score (nSPS) is 11.1. The Morgan fingerprint density at radius 1 is 1.20 bits per heavy atom. The van der Waals surface area contributed by atoms with Crippen LogP contribution in [0.15, 0.2) is 30.5 Å². The Labute approximate surface area is 88.9 Å². The third-order valence-electron chi connectivity index (χ3n) is 2.07. The van der Waals surface area contributed by atoms with Crippen LogP contribution in [0.4, 0.5) is 0 Å². The van der Waals surface area contributed by atoms with Gasteiger partial charge in [0.2, 0.25) is 0 Å². The average molecular weight is 202 g/mol. The van der Waals surface area contributed by atoms with E-state index in [0.29, 0.717) is 6.54 Å². The minimum absolute atomic E-state index is 0.699. The Hall–Kier alpha value is -1.52. The minimum Gasteiger partial charge on any atom is -0.253 e. The standard InChI is InChI=1S/C11H14N4/c1-15(2)13-8-9-7-12-10-5-3-4-6-11(10)14-9/h3-7,13H,8H2,1-2H3.